The highest BCUT2D eigenvalue weighted by atomic mass is 16.2. The van der Waals surface area contributed by atoms with E-state index in [0.29, 0.717) is 23.4 Å². The highest BCUT2D eigenvalue weighted by Crippen LogP contribution is 2.25. The maximum Gasteiger partial charge on any atom is 0.268 e. The van der Waals surface area contributed by atoms with Gasteiger partial charge in [0.1, 0.15) is 5.82 Å². The van der Waals surface area contributed by atoms with Crippen molar-refractivity contribution < 1.29 is 9.59 Å². The third-order valence-corrected chi connectivity index (χ3v) is 3.73. The van der Waals surface area contributed by atoms with Gasteiger partial charge in [0.25, 0.3) is 17.8 Å². The van der Waals surface area contributed by atoms with Gasteiger partial charge in [-0.25, -0.2) is 4.90 Å². The zero-order chi connectivity index (χ0) is 15.8. The topological polar surface area (TPSA) is 79.0 Å². The van der Waals surface area contributed by atoms with Gasteiger partial charge in [0.2, 0.25) is 0 Å². The van der Waals surface area contributed by atoms with E-state index in [-0.39, 0.29) is 13.4 Å². The van der Waals surface area contributed by atoms with E-state index < -0.39 is 11.8 Å². The molecule has 2 heterocycles. The molecule has 1 aliphatic heterocycles. The van der Waals surface area contributed by atoms with Crippen molar-refractivity contribution in [3.63, 3.8) is 0 Å². The standard InChI is InChI=1S/C17H12N4O2.CH4/c22-15-12-8-4-5-9-13(12)16(23)21(15)17-18-14(19-20-17)10-11-6-2-1-3-7-11;/h1-9H,10H2,(H,18,19,20);1H4. The van der Waals surface area contributed by atoms with E-state index in [1.165, 1.54) is 0 Å². The number of rotatable bonds is 3. The highest BCUT2D eigenvalue weighted by Gasteiger charge is 2.38. The van der Waals surface area contributed by atoms with Crippen LogP contribution >= 0.6 is 0 Å². The van der Waals surface area contributed by atoms with E-state index in [2.05, 4.69) is 15.2 Å². The zero-order valence-corrected chi connectivity index (χ0v) is 12.1. The fourth-order valence-corrected chi connectivity index (χ4v) is 2.62. The molecule has 0 saturated heterocycles. The molecule has 0 atom stereocenters. The predicted molar refractivity (Wildman–Crippen MR) is 89.9 cm³/mol. The summed E-state index contributed by atoms with van der Waals surface area (Å²) in [7, 11) is 0. The van der Waals surface area contributed by atoms with Crippen LogP contribution in [-0.4, -0.2) is 27.0 Å². The minimum Gasteiger partial charge on any atom is -0.268 e. The van der Waals surface area contributed by atoms with E-state index in [4.69, 9.17) is 0 Å². The van der Waals surface area contributed by atoms with Gasteiger partial charge in [-0.05, 0) is 17.7 Å². The smallest absolute Gasteiger partial charge is 0.268 e. The lowest BCUT2D eigenvalue weighted by Crippen LogP contribution is -2.30. The maximum absolute atomic E-state index is 12.4. The molecule has 1 aromatic heterocycles. The van der Waals surface area contributed by atoms with Gasteiger partial charge in [-0.3, -0.25) is 14.7 Å². The minimum absolute atomic E-state index is 0. The number of carbonyl (C=O) groups is 2. The lowest BCUT2D eigenvalue weighted by Gasteiger charge is -2.07. The lowest BCUT2D eigenvalue weighted by atomic mass is 10.1. The normalized spacial score (nSPS) is 12.9. The summed E-state index contributed by atoms with van der Waals surface area (Å²) in [5, 5.41) is 6.82. The molecule has 0 fully saturated rings. The maximum atomic E-state index is 12.4. The summed E-state index contributed by atoms with van der Waals surface area (Å²) in [4.78, 5) is 30.1. The Hall–Kier alpha value is -3.28. The van der Waals surface area contributed by atoms with E-state index in [1.807, 2.05) is 30.3 Å². The van der Waals surface area contributed by atoms with E-state index in [0.717, 1.165) is 10.5 Å². The van der Waals surface area contributed by atoms with E-state index >= 15 is 0 Å². The quantitative estimate of drug-likeness (QED) is 0.753. The molecule has 2 aromatic carbocycles. The zero-order valence-electron chi connectivity index (χ0n) is 12.1. The Morgan fingerprint density at radius 2 is 1.46 bits per heavy atom. The second kappa shape index (κ2) is 6.08. The minimum atomic E-state index is -0.393. The average molecular weight is 320 g/mol. The molecule has 0 radical (unpaired) electrons. The Morgan fingerprint density at radius 1 is 0.875 bits per heavy atom. The van der Waals surface area contributed by atoms with Crippen LogP contribution in [0.2, 0.25) is 0 Å². The van der Waals surface area contributed by atoms with Gasteiger partial charge in [-0.2, -0.15) is 4.98 Å². The molecule has 3 aromatic rings. The SMILES string of the molecule is C.O=C1c2ccccc2C(=O)N1c1n[nH]c(Cc2ccccc2)n1. The lowest BCUT2D eigenvalue weighted by molar-refractivity contribution is 0.0924. The van der Waals surface area contributed by atoms with Gasteiger partial charge in [-0.1, -0.05) is 49.9 Å². The molecule has 24 heavy (non-hydrogen) atoms. The van der Waals surface area contributed by atoms with Crippen molar-refractivity contribution in [2.45, 2.75) is 13.8 Å². The van der Waals surface area contributed by atoms with E-state index in [1.54, 1.807) is 24.3 Å². The van der Waals surface area contributed by atoms with Crippen LogP contribution in [0.5, 0.6) is 0 Å². The summed E-state index contributed by atoms with van der Waals surface area (Å²) in [6.07, 6.45) is 0.553. The number of imide groups is 1. The molecule has 1 aliphatic rings. The molecular weight excluding hydrogens is 304 g/mol. The van der Waals surface area contributed by atoms with Crippen LogP contribution in [0.4, 0.5) is 5.95 Å². The number of aromatic nitrogens is 3. The van der Waals surface area contributed by atoms with Crippen molar-refractivity contribution in [2.24, 2.45) is 0 Å². The molecule has 0 saturated carbocycles. The van der Waals surface area contributed by atoms with E-state index in [9.17, 15) is 9.59 Å². The second-order valence-corrected chi connectivity index (χ2v) is 5.24. The second-order valence-electron chi connectivity index (χ2n) is 5.24. The van der Waals surface area contributed by atoms with Crippen LogP contribution in [0, 0.1) is 0 Å². The van der Waals surface area contributed by atoms with Gasteiger partial charge in [0.15, 0.2) is 0 Å². The predicted octanol–water partition coefficient (Wildman–Crippen LogP) is 2.83. The number of aromatic amines is 1. The third kappa shape index (κ3) is 2.48. The summed E-state index contributed by atoms with van der Waals surface area (Å²) in [5.41, 5.74) is 1.83. The number of H-pyrrole nitrogens is 1. The molecule has 120 valence electrons. The molecule has 6 nitrogen and oxygen atoms in total. The van der Waals surface area contributed by atoms with Crippen molar-refractivity contribution in [3.05, 3.63) is 77.1 Å². The summed E-state index contributed by atoms with van der Waals surface area (Å²) in [5.74, 6) is -0.100. The van der Waals surface area contributed by atoms with Gasteiger partial charge >= 0.3 is 0 Å². The first-order valence-electron chi connectivity index (χ1n) is 7.17. The summed E-state index contributed by atoms with van der Waals surface area (Å²) in [6.45, 7) is 0. The molecule has 6 heteroatoms. The van der Waals surface area contributed by atoms with Gasteiger partial charge in [0, 0.05) is 6.42 Å². The van der Waals surface area contributed by atoms with Crippen molar-refractivity contribution >= 4 is 17.8 Å². The van der Waals surface area contributed by atoms with Crippen LogP contribution in [0.25, 0.3) is 0 Å². The van der Waals surface area contributed by atoms with Crippen LogP contribution in [0.15, 0.2) is 54.6 Å². The molecule has 0 bridgehead atoms. The van der Waals surface area contributed by atoms with Crippen LogP contribution in [0.1, 0.15) is 39.5 Å². The van der Waals surface area contributed by atoms with Crippen LogP contribution < -0.4 is 4.90 Å². The van der Waals surface area contributed by atoms with Gasteiger partial charge in [-0.15, -0.1) is 5.10 Å². The number of fused-ring (bicyclic) bond motifs is 1. The van der Waals surface area contributed by atoms with Gasteiger partial charge in [0.05, 0.1) is 11.1 Å². The van der Waals surface area contributed by atoms with Crippen LogP contribution in [0.3, 0.4) is 0 Å². The first-order valence-corrected chi connectivity index (χ1v) is 7.17. The molecular formula is C18H16N4O2. The number of carbonyl (C=O) groups excluding carboxylic acids is 2. The largest absolute Gasteiger partial charge is 0.268 e. The summed E-state index contributed by atoms with van der Waals surface area (Å²) in [6, 6.07) is 16.5. The summed E-state index contributed by atoms with van der Waals surface area (Å²) >= 11 is 0. The summed E-state index contributed by atoms with van der Waals surface area (Å²) < 4.78 is 0. The van der Waals surface area contributed by atoms with Crippen molar-refractivity contribution in [1.29, 1.82) is 0 Å². The molecule has 2 amide bonds. The average Bonchev–Trinajstić information content (AvgIpc) is 3.12. The molecule has 0 aliphatic carbocycles. The molecule has 4 rings (SSSR count). The number of amides is 2. The number of hydrogen-bond donors (Lipinski definition) is 1. The Morgan fingerprint density at radius 3 is 2.08 bits per heavy atom. The molecule has 1 N–H and O–H groups in total. The molecule has 0 unspecified atom stereocenters. The Bertz CT molecular complexity index is 867. The van der Waals surface area contributed by atoms with Crippen molar-refractivity contribution in [3.8, 4) is 0 Å². The number of hydrogen-bond acceptors (Lipinski definition) is 4. The Balaban J connectivity index is 0.00000169. The highest BCUT2D eigenvalue weighted by molar-refractivity contribution is 6.33. The fourth-order valence-electron chi connectivity index (χ4n) is 2.62. The number of nitrogens with zero attached hydrogens (tertiary/aromatic N) is 3. The Labute approximate surface area is 139 Å². The first kappa shape index (κ1) is 15.6. The first-order chi connectivity index (χ1) is 11.2. The van der Waals surface area contributed by atoms with Crippen LogP contribution in [-0.2, 0) is 6.42 Å². The fraction of sp³-hybridized carbons (Fsp3) is 0.111. The Kier molecular flexibility index (Phi) is 3.95. The van der Waals surface area contributed by atoms with Gasteiger partial charge < -0.3 is 0 Å². The van der Waals surface area contributed by atoms with Crippen molar-refractivity contribution in [1.82, 2.24) is 15.2 Å². The number of nitrogens with one attached hydrogen (secondary N) is 1. The number of anilines is 1. The number of benzene rings is 2. The molecule has 0 spiro atoms. The monoisotopic (exact) mass is 320 g/mol. The third-order valence-electron chi connectivity index (χ3n) is 3.73. The van der Waals surface area contributed by atoms with Crippen molar-refractivity contribution in [2.75, 3.05) is 4.90 Å².